The van der Waals surface area contributed by atoms with Crippen molar-refractivity contribution in [3.05, 3.63) is 52.5 Å². The fraction of sp³-hybridized carbons (Fsp3) is 0. The van der Waals surface area contributed by atoms with Gasteiger partial charge in [0.05, 0.1) is 11.4 Å². The topological polar surface area (TPSA) is 72.2 Å². The zero-order chi connectivity index (χ0) is 14.9. The number of anilines is 2. The van der Waals surface area contributed by atoms with Crippen molar-refractivity contribution in [3.63, 3.8) is 0 Å². The number of sulfonamides is 1. The lowest BCUT2D eigenvalue weighted by atomic mass is 10.3. The van der Waals surface area contributed by atoms with E-state index in [4.69, 9.17) is 5.73 Å². The summed E-state index contributed by atoms with van der Waals surface area (Å²) in [5, 5.41) is 0. The van der Waals surface area contributed by atoms with Crippen LogP contribution in [0.3, 0.4) is 0 Å². The number of hydrogen-bond donors (Lipinski definition) is 2. The molecule has 0 heterocycles. The quantitative estimate of drug-likeness (QED) is 0.824. The zero-order valence-corrected chi connectivity index (χ0v) is 12.3. The van der Waals surface area contributed by atoms with Gasteiger partial charge in [-0.1, -0.05) is 22.0 Å². The first kappa shape index (κ1) is 14.7. The lowest BCUT2D eigenvalue weighted by Gasteiger charge is -2.11. The minimum Gasteiger partial charge on any atom is -0.395 e. The molecule has 20 heavy (non-hydrogen) atoms. The van der Waals surface area contributed by atoms with Crippen LogP contribution in [0, 0.1) is 11.6 Å². The summed E-state index contributed by atoms with van der Waals surface area (Å²) in [6.45, 7) is 0. The van der Waals surface area contributed by atoms with Gasteiger partial charge in [-0.15, -0.1) is 0 Å². The molecule has 0 saturated carbocycles. The lowest BCUT2D eigenvalue weighted by Crippen LogP contribution is -2.16. The molecule has 0 aliphatic rings. The molecule has 2 rings (SSSR count). The minimum absolute atomic E-state index is 0.261. The average molecular weight is 363 g/mol. The van der Waals surface area contributed by atoms with Crippen molar-refractivity contribution in [2.45, 2.75) is 4.90 Å². The van der Waals surface area contributed by atoms with Gasteiger partial charge in [0, 0.05) is 4.47 Å². The molecular formula is C12H9BrF2N2O2S. The Hall–Kier alpha value is -1.67. The van der Waals surface area contributed by atoms with Gasteiger partial charge in [0.1, 0.15) is 16.5 Å². The summed E-state index contributed by atoms with van der Waals surface area (Å²) in [6.07, 6.45) is 0. The highest BCUT2D eigenvalue weighted by atomic mass is 79.9. The number of rotatable bonds is 3. The Kier molecular flexibility index (Phi) is 3.96. The van der Waals surface area contributed by atoms with Crippen LogP contribution >= 0.6 is 15.9 Å². The van der Waals surface area contributed by atoms with E-state index in [1.54, 1.807) is 0 Å². The van der Waals surface area contributed by atoms with E-state index in [2.05, 4.69) is 15.9 Å². The highest BCUT2D eigenvalue weighted by Crippen LogP contribution is 2.26. The van der Waals surface area contributed by atoms with Crippen molar-refractivity contribution in [2.75, 3.05) is 10.5 Å². The van der Waals surface area contributed by atoms with Gasteiger partial charge in [0.15, 0.2) is 0 Å². The fourth-order valence-electron chi connectivity index (χ4n) is 1.53. The molecule has 0 atom stereocenters. The second-order valence-electron chi connectivity index (χ2n) is 3.88. The molecule has 0 aliphatic carbocycles. The van der Waals surface area contributed by atoms with E-state index in [1.165, 1.54) is 18.2 Å². The second kappa shape index (κ2) is 5.37. The van der Waals surface area contributed by atoms with Gasteiger partial charge >= 0.3 is 0 Å². The number of nitrogens with one attached hydrogen (secondary N) is 1. The maximum absolute atomic E-state index is 13.5. The number of nitrogen functional groups attached to an aromatic ring is 1. The van der Waals surface area contributed by atoms with Crippen molar-refractivity contribution >= 4 is 37.3 Å². The molecule has 0 radical (unpaired) electrons. The van der Waals surface area contributed by atoms with Gasteiger partial charge in [0.25, 0.3) is 10.0 Å². The molecule has 0 spiro atoms. The third-order valence-corrected chi connectivity index (χ3v) is 4.39. The maximum atomic E-state index is 13.5. The van der Waals surface area contributed by atoms with E-state index < -0.39 is 32.2 Å². The van der Waals surface area contributed by atoms with Crippen LogP contribution < -0.4 is 10.5 Å². The summed E-state index contributed by atoms with van der Waals surface area (Å²) in [5.41, 5.74) is 4.61. The van der Waals surface area contributed by atoms with Crippen molar-refractivity contribution < 1.29 is 17.2 Å². The van der Waals surface area contributed by atoms with Gasteiger partial charge in [-0.25, -0.2) is 17.2 Å². The molecule has 0 unspecified atom stereocenters. The predicted octanol–water partition coefficient (Wildman–Crippen LogP) is 3.11. The van der Waals surface area contributed by atoms with Gasteiger partial charge in [-0.2, -0.15) is 0 Å². The highest BCUT2D eigenvalue weighted by Gasteiger charge is 2.21. The van der Waals surface area contributed by atoms with Crippen molar-refractivity contribution in [2.24, 2.45) is 0 Å². The first-order chi connectivity index (χ1) is 9.31. The standard InChI is InChI=1S/C12H9BrF2N2O2S/c13-7-4-5-8(14)10(6-7)17-20(18,19)11-3-1-2-9(15)12(11)16/h1-6,17H,16H2. The fourth-order valence-corrected chi connectivity index (χ4v) is 3.09. The van der Waals surface area contributed by atoms with Crippen molar-refractivity contribution in [1.82, 2.24) is 0 Å². The first-order valence-corrected chi connectivity index (χ1v) is 7.61. The molecule has 0 amide bonds. The lowest BCUT2D eigenvalue weighted by molar-refractivity contribution is 0.595. The molecule has 0 saturated heterocycles. The largest absolute Gasteiger partial charge is 0.395 e. The third-order valence-electron chi connectivity index (χ3n) is 2.48. The molecule has 2 aromatic rings. The van der Waals surface area contributed by atoms with Gasteiger partial charge in [-0.05, 0) is 30.3 Å². The van der Waals surface area contributed by atoms with Crippen LogP contribution in [-0.4, -0.2) is 8.42 Å². The van der Waals surface area contributed by atoms with Gasteiger partial charge in [0.2, 0.25) is 0 Å². The molecule has 3 N–H and O–H groups in total. The van der Waals surface area contributed by atoms with Crippen LogP contribution in [0.1, 0.15) is 0 Å². The van der Waals surface area contributed by atoms with Crippen molar-refractivity contribution in [1.29, 1.82) is 0 Å². The Balaban J connectivity index is 2.46. The normalized spacial score (nSPS) is 11.3. The van der Waals surface area contributed by atoms with Crippen LogP contribution in [0.25, 0.3) is 0 Å². The molecule has 2 aromatic carbocycles. The third kappa shape index (κ3) is 2.91. The van der Waals surface area contributed by atoms with Gasteiger partial charge in [-0.3, -0.25) is 4.72 Å². The van der Waals surface area contributed by atoms with E-state index in [9.17, 15) is 17.2 Å². The number of para-hydroxylation sites is 1. The van der Waals surface area contributed by atoms with E-state index in [1.807, 2.05) is 4.72 Å². The minimum atomic E-state index is -4.18. The molecule has 0 aromatic heterocycles. The Morgan fingerprint density at radius 3 is 2.50 bits per heavy atom. The molecule has 8 heteroatoms. The maximum Gasteiger partial charge on any atom is 0.264 e. The molecule has 4 nitrogen and oxygen atoms in total. The highest BCUT2D eigenvalue weighted by molar-refractivity contribution is 9.10. The summed E-state index contributed by atoms with van der Waals surface area (Å²) in [5.74, 6) is -1.62. The smallest absolute Gasteiger partial charge is 0.264 e. The Morgan fingerprint density at radius 1 is 1.10 bits per heavy atom. The van der Waals surface area contributed by atoms with Crippen molar-refractivity contribution in [3.8, 4) is 0 Å². The Morgan fingerprint density at radius 2 is 1.80 bits per heavy atom. The average Bonchev–Trinajstić information content (AvgIpc) is 2.36. The van der Waals surface area contributed by atoms with Crippen LogP contribution in [0.2, 0.25) is 0 Å². The summed E-state index contributed by atoms with van der Waals surface area (Å²) in [7, 11) is -4.18. The van der Waals surface area contributed by atoms with Crippen LogP contribution in [-0.2, 0) is 10.0 Å². The zero-order valence-electron chi connectivity index (χ0n) is 9.90. The number of halogens is 3. The predicted molar refractivity (Wildman–Crippen MR) is 75.7 cm³/mol. The monoisotopic (exact) mass is 362 g/mol. The first-order valence-electron chi connectivity index (χ1n) is 5.33. The summed E-state index contributed by atoms with van der Waals surface area (Å²) < 4.78 is 53.6. The number of hydrogen-bond acceptors (Lipinski definition) is 3. The summed E-state index contributed by atoms with van der Waals surface area (Å²) >= 11 is 3.10. The van der Waals surface area contributed by atoms with Crippen LogP contribution in [0.5, 0.6) is 0 Å². The molecule has 0 fully saturated rings. The molecule has 106 valence electrons. The van der Waals surface area contributed by atoms with E-state index in [0.717, 1.165) is 18.2 Å². The Bertz CT molecular complexity index is 766. The molecule has 0 aliphatic heterocycles. The Labute approximate surface area is 122 Å². The van der Waals surface area contributed by atoms with E-state index >= 15 is 0 Å². The summed E-state index contributed by atoms with van der Waals surface area (Å²) in [6, 6.07) is 7.14. The molecule has 0 bridgehead atoms. The second-order valence-corrected chi connectivity index (χ2v) is 6.45. The molecular weight excluding hydrogens is 354 g/mol. The summed E-state index contributed by atoms with van der Waals surface area (Å²) in [4.78, 5) is -0.447. The number of nitrogens with two attached hydrogens (primary N) is 1. The number of benzene rings is 2. The SMILES string of the molecule is Nc1c(F)cccc1S(=O)(=O)Nc1cc(Br)ccc1F. The van der Waals surface area contributed by atoms with Crippen LogP contribution in [0.15, 0.2) is 45.8 Å². The van der Waals surface area contributed by atoms with Gasteiger partial charge < -0.3 is 5.73 Å². The van der Waals surface area contributed by atoms with E-state index in [-0.39, 0.29) is 5.69 Å². The van der Waals surface area contributed by atoms with Crippen LogP contribution in [0.4, 0.5) is 20.2 Å². The van der Waals surface area contributed by atoms with E-state index in [0.29, 0.717) is 4.47 Å².